The van der Waals surface area contributed by atoms with Gasteiger partial charge in [0.1, 0.15) is 11.8 Å². The minimum Gasteiger partial charge on any atom is -0.510 e. The summed E-state index contributed by atoms with van der Waals surface area (Å²) in [6, 6.07) is 71.4. The van der Waals surface area contributed by atoms with Crippen molar-refractivity contribution in [1.82, 2.24) is 77.1 Å². The Labute approximate surface area is 924 Å². The van der Waals surface area contributed by atoms with E-state index in [1.54, 1.807) is 6.20 Å². The molecule has 25 nitrogen and oxygen atoms in total. The molecule has 0 amide bonds. The van der Waals surface area contributed by atoms with Gasteiger partial charge in [0.05, 0.1) is 45.5 Å². The van der Waals surface area contributed by atoms with Crippen LogP contribution in [-0.2, 0) is 117 Å². The number of pyridine rings is 8. The van der Waals surface area contributed by atoms with Crippen molar-refractivity contribution >= 4 is 45.3 Å². The van der Waals surface area contributed by atoms with Crippen LogP contribution in [0.4, 0.5) is 22.7 Å². The third-order valence-electron chi connectivity index (χ3n) is 26.0. The summed E-state index contributed by atoms with van der Waals surface area (Å²) in [5.74, 6) is 5.51. The van der Waals surface area contributed by atoms with Gasteiger partial charge in [0.25, 0.3) is 0 Å². The van der Waals surface area contributed by atoms with Crippen LogP contribution in [0.1, 0.15) is 201 Å². The number of benzene rings is 4. The fourth-order valence-electron chi connectivity index (χ4n) is 16.5. The van der Waals surface area contributed by atoms with E-state index in [9.17, 15) is 0 Å². The van der Waals surface area contributed by atoms with Crippen molar-refractivity contribution < 1.29 is 108 Å². The Morgan fingerprint density at radius 2 is 0.646 bits per heavy atom. The van der Waals surface area contributed by atoms with Crippen molar-refractivity contribution in [3.63, 3.8) is 0 Å². The molecule has 0 saturated heterocycles. The first-order valence-corrected chi connectivity index (χ1v) is 47.9. The first-order valence-electron chi connectivity index (χ1n) is 47.9. The summed E-state index contributed by atoms with van der Waals surface area (Å²) in [6.07, 6.45) is 27.4. The zero-order chi connectivity index (χ0) is 102. The molecular formula is C118H124N20O5Pt4-12. The van der Waals surface area contributed by atoms with Crippen molar-refractivity contribution in [1.29, 1.82) is 0 Å². The summed E-state index contributed by atoms with van der Waals surface area (Å²) < 4.78 is 39.8. The molecule has 778 valence electrons. The van der Waals surface area contributed by atoms with Crippen LogP contribution in [0.3, 0.4) is 0 Å². The van der Waals surface area contributed by atoms with Gasteiger partial charge in [-0.1, -0.05) is 135 Å². The molecule has 0 atom stereocenters. The Bertz CT molecular complexity index is 7590. The summed E-state index contributed by atoms with van der Waals surface area (Å²) in [4.78, 5) is 53.6. The number of fused-ring (bicyclic) bond motifs is 4. The third-order valence-corrected chi connectivity index (χ3v) is 26.0. The molecule has 29 heteroatoms. The van der Waals surface area contributed by atoms with E-state index in [4.69, 9.17) is 48.6 Å². The average Bonchev–Trinajstić information content (AvgIpc) is 1.77. The van der Waals surface area contributed by atoms with Crippen LogP contribution in [0.5, 0.6) is 57.9 Å². The molecule has 147 heavy (non-hydrogen) atoms. The standard InChI is InChI=1S/2C31H34N5O.C28H28N5O2.C28H28N5O.4Pt/c1-21-22(2)36-19-24(31(6,7)28-17-23(12-13-32-28)30(3,4)5)16-27(29(36)33-21)37-26-11-9-10-25(18-26)35-15-14-34(8)20-35;1-21-22(2)36-28(33-21)17-24(31(6,7)27-16-23(12-13-32-27)30(3,4)5)18-29(36)37-26-11-9-10-25(19-26)35-15-14-34(8)20-35;1-19-20(2)33-25(30-19)16-24(34-26-14-21(10-11-29-26)28(3,4)5)17-27(33)35-23-9-7-8-22(15-23)32-13-12-31(6)18-32;1-19-20(2)33-17-21(25-15-22(10-11-29-25)28(3,4)5)14-26(27(33)30-19)34-24-9-7-8-23(16-24)32-13-12-31(6)18-32;;;;/h9-15,17,19-20H,1-8H3;9-17,20H,1-8H3;7-14,16,18H,1-6H3;7-13,15,17-18H,1-6H3;;;;/q4*-3;;;;. The zero-order valence-electron chi connectivity index (χ0n) is 88.3. The quantitative estimate of drug-likeness (QED) is 0.0693. The average molecular weight is 2680 g/mol. The van der Waals surface area contributed by atoms with Crippen LogP contribution in [0.2, 0.25) is 0 Å². The van der Waals surface area contributed by atoms with Gasteiger partial charge in [-0.15, -0.1) is 125 Å². The maximum Gasteiger partial charge on any atom is 0.215 e. The predicted molar refractivity (Wildman–Crippen MR) is 565 cm³/mol. The molecule has 12 aromatic heterocycles. The van der Waals surface area contributed by atoms with Gasteiger partial charge in [-0.2, -0.15) is 68.6 Å². The van der Waals surface area contributed by atoms with E-state index in [0.29, 0.717) is 63.5 Å². The van der Waals surface area contributed by atoms with Crippen LogP contribution in [-0.4, -0.2) is 105 Å². The van der Waals surface area contributed by atoms with Crippen molar-refractivity contribution in [3.05, 3.63) is 386 Å². The van der Waals surface area contributed by atoms with E-state index in [1.807, 2.05) is 303 Å². The fourth-order valence-corrected chi connectivity index (χ4v) is 16.5. The normalized spacial score (nSPS) is 13.6. The second-order valence-corrected chi connectivity index (χ2v) is 41.8. The molecule has 0 unspecified atom stereocenters. The van der Waals surface area contributed by atoms with Crippen molar-refractivity contribution in [2.75, 3.05) is 47.8 Å². The van der Waals surface area contributed by atoms with Crippen molar-refractivity contribution in [2.45, 2.75) is 199 Å². The van der Waals surface area contributed by atoms with Crippen LogP contribution in [0.15, 0.2) is 220 Å². The molecule has 4 aliphatic heterocycles. The Kier molecular flexibility index (Phi) is 34.0. The summed E-state index contributed by atoms with van der Waals surface area (Å²) >= 11 is 0. The van der Waals surface area contributed by atoms with Crippen molar-refractivity contribution in [3.8, 4) is 69.1 Å². The fraction of sp³-hybridized carbons (Fsp3) is 0.288. The summed E-state index contributed by atoms with van der Waals surface area (Å²) in [7, 11) is 7.95. The second-order valence-electron chi connectivity index (χ2n) is 41.8. The van der Waals surface area contributed by atoms with E-state index in [-0.39, 0.29) is 106 Å². The largest absolute Gasteiger partial charge is 0.510 e. The molecule has 0 aliphatic carbocycles. The molecule has 0 spiro atoms. The maximum absolute atomic E-state index is 6.48. The van der Waals surface area contributed by atoms with Gasteiger partial charge in [-0.3, -0.25) is 38.7 Å². The molecule has 16 heterocycles. The Morgan fingerprint density at radius 3 is 1.05 bits per heavy atom. The number of anilines is 4. The molecule has 16 aromatic rings. The van der Waals surface area contributed by atoms with Crippen LogP contribution in [0.25, 0.3) is 33.8 Å². The number of imidazole rings is 4. The topological polar surface area (TPSA) is 193 Å². The van der Waals surface area contributed by atoms with Gasteiger partial charge in [-0.05, 0) is 230 Å². The summed E-state index contributed by atoms with van der Waals surface area (Å²) in [6.45, 7) is 59.2. The third kappa shape index (κ3) is 25.0. The Balaban J connectivity index is 0.000000162. The Hall–Kier alpha value is -12.6. The number of hydrogen-bond acceptors (Lipinski definition) is 21. The molecule has 0 N–H and O–H groups in total. The zero-order valence-corrected chi connectivity index (χ0v) is 97.4. The van der Waals surface area contributed by atoms with E-state index >= 15 is 0 Å². The van der Waals surface area contributed by atoms with Gasteiger partial charge in [0, 0.05) is 189 Å². The van der Waals surface area contributed by atoms with E-state index in [0.717, 1.165) is 125 Å². The Morgan fingerprint density at radius 1 is 0.299 bits per heavy atom. The molecule has 20 rings (SSSR count). The predicted octanol–water partition coefficient (Wildman–Crippen LogP) is 25.6. The second kappa shape index (κ2) is 44.8. The molecule has 0 fully saturated rings. The number of aromatic nitrogens is 12. The first kappa shape index (κ1) is 112. The van der Waals surface area contributed by atoms with Gasteiger partial charge < -0.3 is 76.7 Å². The van der Waals surface area contributed by atoms with E-state index < -0.39 is 10.8 Å². The minimum absolute atomic E-state index is 0. The molecule has 0 saturated carbocycles. The number of aryl methyl sites for hydroxylation is 8. The number of rotatable bonds is 19. The maximum atomic E-state index is 6.48. The molecule has 0 bridgehead atoms. The molecule has 4 aromatic carbocycles. The van der Waals surface area contributed by atoms with Gasteiger partial charge in [-0.25, -0.2) is 4.98 Å². The number of ether oxygens (including phenoxy) is 5. The number of nitrogens with zero attached hydrogens (tertiary/aromatic N) is 20. The van der Waals surface area contributed by atoms with Gasteiger partial charge >= 0.3 is 0 Å². The summed E-state index contributed by atoms with van der Waals surface area (Å²) in [5, 5.41) is 0. The monoisotopic (exact) mass is 2680 g/mol. The summed E-state index contributed by atoms with van der Waals surface area (Å²) in [5.41, 5.74) is 24.1. The van der Waals surface area contributed by atoms with Crippen LogP contribution >= 0.6 is 0 Å². The van der Waals surface area contributed by atoms with Crippen LogP contribution in [0, 0.1) is 131 Å². The van der Waals surface area contributed by atoms with Crippen LogP contribution < -0.4 is 43.3 Å². The minimum atomic E-state index is -0.416. The van der Waals surface area contributed by atoms with Crippen molar-refractivity contribution in [2.24, 2.45) is 0 Å². The van der Waals surface area contributed by atoms with Gasteiger partial charge in [0.15, 0.2) is 0 Å². The molecule has 4 aliphatic rings. The first-order chi connectivity index (χ1) is 67.7. The van der Waals surface area contributed by atoms with E-state index in [2.05, 4.69) is 252 Å². The molecular weight excluding hydrogens is 2560 g/mol. The SMILES string of the molecule is Cc1nc2c(Oc3[c-]c(N4C=CN(C)[CH-]4)ccc3)[c-]c(-c3cc(C(C)(C)C)ccn3)cn2c1C.Cc1nc2c(Oc3[c-]c(N4C=CN(C)[CH-]4)ccc3)[c-]c(C(C)(C)c3cc(C(C)(C)C)ccn3)cn2c1C.Cc1nc2cc(C(C)(C)c3cc(C(C)(C)C)ccn3)[c-]c(Oc3[c-]c(N4C=CN(C)[CH-]4)ccc3)n2c1C.Cc1nc2cc(Oc3cc(C(C)(C)C)ccn3)[c-]c(Oc3[c-]c(N4C=CN(C)[CH-]4)ccc3)n2c1C.[Pt].[Pt].[Pt].[Pt]. The smallest absolute Gasteiger partial charge is 0.215 e. The van der Waals surface area contributed by atoms with Gasteiger partial charge in [0.2, 0.25) is 5.88 Å². The number of hydrogen-bond donors (Lipinski definition) is 0. The molecule has 0 radical (unpaired) electrons. The van der Waals surface area contributed by atoms with E-state index in [1.165, 1.54) is 16.7 Å².